The summed E-state index contributed by atoms with van der Waals surface area (Å²) in [4.78, 5) is 3.73. The number of benzene rings is 3. The van der Waals surface area contributed by atoms with Crippen LogP contribution in [0.4, 0.5) is 5.69 Å². The van der Waals surface area contributed by atoms with Gasteiger partial charge >= 0.3 is 0 Å². The van der Waals surface area contributed by atoms with Gasteiger partial charge in [0.15, 0.2) is 5.69 Å². The second-order valence-corrected chi connectivity index (χ2v) is 17.5. The van der Waals surface area contributed by atoms with E-state index in [0.717, 1.165) is 27.5 Å². The summed E-state index contributed by atoms with van der Waals surface area (Å²) in [6, 6.07) is 16.0. The zero-order valence-electron chi connectivity index (χ0n) is 23.7. The summed E-state index contributed by atoms with van der Waals surface area (Å²) >= 11 is 0. The average molecular weight is 518 g/mol. The van der Waals surface area contributed by atoms with Crippen molar-refractivity contribution in [1.29, 1.82) is 0 Å². The lowest BCUT2D eigenvalue weighted by Gasteiger charge is -2.19. The monoisotopic (exact) mass is 517 g/mol. The summed E-state index contributed by atoms with van der Waals surface area (Å²) in [7, 11) is 0.749. The van der Waals surface area contributed by atoms with Gasteiger partial charge in [0, 0.05) is 28.3 Å². The van der Waals surface area contributed by atoms with Gasteiger partial charge in [0.25, 0.3) is 0 Å². The Kier molecular flexibility index (Phi) is 5.77. The fourth-order valence-electron chi connectivity index (χ4n) is 6.54. The van der Waals surface area contributed by atoms with Crippen LogP contribution < -0.4 is 9.75 Å². The molecule has 2 heterocycles. The van der Waals surface area contributed by atoms with Crippen LogP contribution >= 0.6 is 0 Å². The van der Waals surface area contributed by atoms with Crippen molar-refractivity contribution in [3.63, 3.8) is 0 Å². The second kappa shape index (κ2) is 8.82. The molecule has 4 heteroatoms. The number of furan rings is 1. The maximum absolute atomic E-state index is 7.59. The molecule has 2 aromatic heterocycles. The molecule has 0 radical (unpaired) electrons. The molecule has 1 aliphatic rings. The van der Waals surface area contributed by atoms with Crippen molar-refractivity contribution < 1.29 is 8.98 Å². The Labute approximate surface area is 226 Å². The molecule has 0 amide bonds. The van der Waals surface area contributed by atoms with E-state index in [9.17, 15) is 0 Å². The maximum atomic E-state index is 7.59. The minimum absolute atomic E-state index is 0.606. The Hall–Kier alpha value is -3.42. The Balaban J connectivity index is 1.74. The number of hydrogen-bond acceptors (Lipinski definition) is 1. The van der Waals surface area contributed by atoms with Crippen molar-refractivity contribution in [1.82, 2.24) is 0 Å². The molecule has 0 saturated heterocycles. The largest absolute Gasteiger partial charge is 0.456 e. The van der Waals surface area contributed by atoms with E-state index in [4.69, 9.17) is 11.0 Å². The third-order valence-corrected chi connectivity index (χ3v) is 11.1. The third-order valence-electron chi connectivity index (χ3n) is 9.03. The molecule has 0 bridgehead atoms. The lowest BCUT2D eigenvalue weighted by Crippen LogP contribution is -2.40. The topological polar surface area (TPSA) is 21.4 Å². The van der Waals surface area contributed by atoms with Crippen molar-refractivity contribution in [3.05, 3.63) is 76.1 Å². The molecule has 0 N–H and O–H groups in total. The lowest BCUT2D eigenvalue weighted by atomic mass is 9.90. The Morgan fingerprint density at radius 2 is 1.58 bits per heavy atom. The highest BCUT2D eigenvalue weighted by atomic mass is 28.3. The summed E-state index contributed by atoms with van der Waals surface area (Å²) in [5, 5.41) is 5.12. The predicted octanol–water partition coefficient (Wildman–Crippen LogP) is 8.91. The van der Waals surface area contributed by atoms with E-state index in [1.165, 1.54) is 69.7 Å². The zero-order valence-corrected chi connectivity index (χ0v) is 24.7. The summed E-state index contributed by atoms with van der Waals surface area (Å²) in [5.74, 6) is 0.606. The minimum Gasteiger partial charge on any atom is -0.456 e. The van der Waals surface area contributed by atoms with E-state index >= 15 is 0 Å². The van der Waals surface area contributed by atoms with Gasteiger partial charge in [0.2, 0.25) is 11.2 Å². The molecule has 0 unspecified atom stereocenters. The van der Waals surface area contributed by atoms with E-state index in [1.54, 1.807) is 0 Å². The van der Waals surface area contributed by atoms with Gasteiger partial charge in [0.1, 0.15) is 18.2 Å². The number of nitrogens with zero attached hydrogens (tertiary/aromatic N) is 2. The molecule has 0 aliphatic heterocycles. The van der Waals surface area contributed by atoms with Crippen LogP contribution in [0.1, 0.15) is 53.9 Å². The predicted molar refractivity (Wildman–Crippen MR) is 162 cm³/mol. The van der Waals surface area contributed by atoms with Crippen LogP contribution in [0.15, 0.2) is 46.9 Å². The highest BCUT2D eigenvalue weighted by Crippen LogP contribution is 2.43. The summed E-state index contributed by atoms with van der Waals surface area (Å²) < 4.78 is 9.11. The Bertz CT molecular complexity index is 1810. The molecule has 192 valence electrons. The lowest BCUT2D eigenvalue weighted by molar-refractivity contribution is -0.633. The van der Waals surface area contributed by atoms with E-state index in [0.29, 0.717) is 11.6 Å². The molecule has 3 aromatic carbocycles. The van der Waals surface area contributed by atoms with Crippen molar-refractivity contribution in [2.45, 2.75) is 72.0 Å². The van der Waals surface area contributed by atoms with Crippen molar-refractivity contribution >= 4 is 51.8 Å². The van der Waals surface area contributed by atoms with Gasteiger partial charge in [-0.15, -0.1) is 0 Å². The molecule has 5 aromatic rings. The molecule has 6 rings (SSSR count). The van der Waals surface area contributed by atoms with Crippen molar-refractivity contribution in [2.75, 3.05) is 0 Å². The number of hydrogen-bond donors (Lipinski definition) is 0. The van der Waals surface area contributed by atoms with Crippen LogP contribution in [0.3, 0.4) is 0 Å². The van der Waals surface area contributed by atoms with E-state index in [-0.39, 0.29) is 0 Å². The number of fused-ring (bicyclic) bond motifs is 4. The molecule has 38 heavy (non-hydrogen) atoms. The van der Waals surface area contributed by atoms with Crippen LogP contribution in [0.2, 0.25) is 19.6 Å². The first-order valence-corrected chi connectivity index (χ1v) is 17.4. The number of pyridine rings is 1. The van der Waals surface area contributed by atoms with Crippen LogP contribution in [0, 0.1) is 27.3 Å². The van der Waals surface area contributed by atoms with Gasteiger partial charge in [-0.3, -0.25) is 0 Å². The Morgan fingerprint density at radius 3 is 2.26 bits per heavy atom. The van der Waals surface area contributed by atoms with E-state index in [1.807, 2.05) is 13.0 Å². The average Bonchev–Trinajstić information content (AvgIpc) is 3.54. The highest BCUT2D eigenvalue weighted by Gasteiger charge is 2.30. The fourth-order valence-corrected chi connectivity index (χ4v) is 7.69. The number of rotatable bonds is 3. The van der Waals surface area contributed by atoms with Gasteiger partial charge in [-0.2, -0.15) is 4.57 Å². The molecular formula is C34H37N2OSi+. The zero-order chi connectivity index (χ0) is 26.9. The first kappa shape index (κ1) is 24.9. The summed E-state index contributed by atoms with van der Waals surface area (Å²) in [6.45, 7) is 21.3. The molecule has 0 spiro atoms. The second-order valence-electron chi connectivity index (χ2n) is 12.4. The molecule has 3 nitrogen and oxygen atoms in total. The maximum Gasteiger partial charge on any atom is 0.217 e. The minimum atomic E-state index is -1.48. The number of aromatic nitrogens is 1. The smallest absolute Gasteiger partial charge is 0.217 e. The van der Waals surface area contributed by atoms with Crippen LogP contribution in [-0.4, -0.2) is 8.07 Å². The number of aryl methyl sites for hydroxylation is 3. The molecular weight excluding hydrogens is 480 g/mol. The van der Waals surface area contributed by atoms with Gasteiger partial charge in [-0.05, 0) is 73.9 Å². The molecule has 1 aliphatic carbocycles. The summed E-state index contributed by atoms with van der Waals surface area (Å²) in [6.07, 6.45) is 5.16. The van der Waals surface area contributed by atoms with Crippen LogP contribution in [-0.2, 0) is 7.05 Å². The van der Waals surface area contributed by atoms with Gasteiger partial charge in [0.05, 0.1) is 20.2 Å². The van der Waals surface area contributed by atoms with Gasteiger partial charge < -0.3 is 4.42 Å². The molecule has 1 saturated carbocycles. The first-order chi connectivity index (χ1) is 18.1. The third kappa shape index (κ3) is 3.71. The van der Waals surface area contributed by atoms with Gasteiger partial charge in [-0.1, -0.05) is 55.9 Å². The van der Waals surface area contributed by atoms with Crippen molar-refractivity contribution in [2.24, 2.45) is 7.05 Å². The normalized spacial score (nSPS) is 14.7. The van der Waals surface area contributed by atoms with Crippen molar-refractivity contribution in [3.8, 4) is 11.3 Å². The fraction of sp³-hybridized carbons (Fsp3) is 0.353. The van der Waals surface area contributed by atoms with Gasteiger partial charge in [-0.25, -0.2) is 4.85 Å². The molecule has 0 atom stereocenters. The standard InChI is InChI=1S/C34H37N2OSi/c1-20-17-28-26-15-16-29(35-4)22(3)33(26)37-34(28)32(21(20)2)31-19-27(23-11-9-10-12-23)25-14-13-24(38(6,7)8)18-30(25)36(31)5/h13-19,23H,9-12H2,1-3,5-8H3/q+1. The quantitative estimate of drug-likeness (QED) is 0.133. The Morgan fingerprint density at radius 1 is 0.868 bits per heavy atom. The van der Waals surface area contributed by atoms with Crippen LogP contribution in [0.25, 0.3) is 48.9 Å². The molecule has 1 fully saturated rings. The highest BCUT2D eigenvalue weighted by molar-refractivity contribution is 6.88. The van der Waals surface area contributed by atoms with Crippen LogP contribution in [0.5, 0.6) is 0 Å². The van der Waals surface area contributed by atoms with E-state index < -0.39 is 8.07 Å². The summed E-state index contributed by atoms with van der Waals surface area (Å²) in [5.41, 5.74) is 11.1. The first-order valence-electron chi connectivity index (χ1n) is 13.9. The van der Waals surface area contributed by atoms with E-state index in [2.05, 4.69) is 86.3 Å². The SMILES string of the molecule is [C-]#[N+]c1ccc2c(oc3c(-c4cc(C5CCCC5)c5ccc([Si](C)(C)C)cc5[n+]4C)c(C)c(C)cc32)c1C.